The molecule has 0 atom stereocenters. The summed E-state index contributed by atoms with van der Waals surface area (Å²) >= 11 is 0. The van der Waals surface area contributed by atoms with E-state index in [0.717, 1.165) is 25.7 Å². The summed E-state index contributed by atoms with van der Waals surface area (Å²) in [6, 6.07) is 5.79. The van der Waals surface area contributed by atoms with Crippen molar-refractivity contribution in [3.63, 3.8) is 0 Å². The molecule has 0 aromatic heterocycles. The fraction of sp³-hybridized carbons (Fsp3) is 0.652. The molecule has 8 heteroatoms. The molecule has 0 radical (unpaired) electrons. The molecular formula is C23H33NO6S. The summed E-state index contributed by atoms with van der Waals surface area (Å²) in [6.07, 6.45) is 3.58. The van der Waals surface area contributed by atoms with Crippen molar-refractivity contribution in [2.75, 3.05) is 32.9 Å². The van der Waals surface area contributed by atoms with Crippen LogP contribution in [-0.4, -0.2) is 57.4 Å². The van der Waals surface area contributed by atoms with Crippen molar-refractivity contribution < 1.29 is 27.5 Å². The number of carbonyl (C=O) groups excluding carboxylic acids is 2. The minimum Gasteiger partial charge on any atom is -0.457 e. The number of ether oxygens (including phenoxy) is 2. The number of hydrogen-bond donors (Lipinski definition) is 0. The molecule has 2 aliphatic rings. The number of esters is 1. The number of carbonyl (C=O) groups is 2. The van der Waals surface area contributed by atoms with Gasteiger partial charge in [-0.15, -0.1) is 0 Å². The van der Waals surface area contributed by atoms with Crippen LogP contribution in [0.25, 0.3) is 0 Å². The van der Waals surface area contributed by atoms with Gasteiger partial charge < -0.3 is 9.47 Å². The number of nitrogens with zero attached hydrogens (tertiary/aromatic N) is 1. The second kappa shape index (κ2) is 9.79. The Morgan fingerprint density at radius 2 is 1.61 bits per heavy atom. The van der Waals surface area contributed by atoms with Gasteiger partial charge in [0.2, 0.25) is 10.0 Å². The Hall–Kier alpha value is -1.77. The van der Waals surface area contributed by atoms with Crippen LogP contribution in [0.3, 0.4) is 0 Å². The molecule has 1 aliphatic carbocycles. The number of hydrogen-bond acceptors (Lipinski definition) is 6. The summed E-state index contributed by atoms with van der Waals surface area (Å²) in [5.41, 5.74) is 0.567. The van der Waals surface area contributed by atoms with E-state index in [1.165, 1.54) is 28.6 Å². The van der Waals surface area contributed by atoms with Crippen LogP contribution < -0.4 is 0 Å². The van der Waals surface area contributed by atoms with Gasteiger partial charge in [-0.2, -0.15) is 4.31 Å². The van der Waals surface area contributed by atoms with Crippen molar-refractivity contribution in [1.29, 1.82) is 0 Å². The van der Waals surface area contributed by atoms with Crippen molar-refractivity contribution in [3.8, 4) is 0 Å². The Bertz CT molecular complexity index is 874. The van der Waals surface area contributed by atoms with E-state index in [4.69, 9.17) is 9.47 Å². The lowest BCUT2D eigenvalue weighted by atomic mass is 9.70. The maximum absolute atomic E-state index is 12.7. The average molecular weight is 452 g/mol. The molecule has 0 bridgehead atoms. The van der Waals surface area contributed by atoms with E-state index in [2.05, 4.69) is 20.8 Å². The molecular weight excluding hydrogens is 418 g/mol. The highest BCUT2D eigenvalue weighted by atomic mass is 32.2. The summed E-state index contributed by atoms with van der Waals surface area (Å²) in [4.78, 5) is 24.9. The fourth-order valence-electron chi connectivity index (χ4n) is 4.28. The van der Waals surface area contributed by atoms with E-state index in [1.807, 2.05) is 0 Å². The zero-order valence-corrected chi connectivity index (χ0v) is 19.4. The first kappa shape index (κ1) is 23.9. The highest BCUT2D eigenvalue weighted by molar-refractivity contribution is 7.89. The van der Waals surface area contributed by atoms with Crippen molar-refractivity contribution in [1.82, 2.24) is 4.31 Å². The Labute approximate surface area is 185 Å². The first-order valence-corrected chi connectivity index (χ1v) is 12.4. The third kappa shape index (κ3) is 5.93. The van der Waals surface area contributed by atoms with Gasteiger partial charge in [0, 0.05) is 18.7 Å². The molecule has 0 amide bonds. The lowest BCUT2D eigenvalue weighted by Gasteiger charge is -2.36. The van der Waals surface area contributed by atoms with Gasteiger partial charge in [-0.05, 0) is 61.3 Å². The van der Waals surface area contributed by atoms with E-state index < -0.39 is 10.0 Å². The third-order valence-electron chi connectivity index (χ3n) is 6.41. The molecule has 1 heterocycles. The van der Waals surface area contributed by atoms with Crippen molar-refractivity contribution in [3.05, 3.63) is 29.8 Å². The van der Waals surface area contributed by atoms with Crippen LogP contribution in [0.15, 0.2) is 29.2 Å². The predicted molar refractivity (Wildman–Crippen MR) is 116 cm³/mol. The van der Waals surface area contributed by atoms with Gasteiger partial charge in [0.15, 0.2) is 12.4 Å². The van der Waals surface area contributed by atoms with Gasteiger partial charge in [-0.3, -0.25) is 9.59 Å². The standard InChI is InChI=1S/C23H33NO6S/c1-23(2,3)19-8-4-18(5-9-19)22(26)30-16-21(25)17-6-10-20(11-7-17)31(27,28)24-12-14-29-15-13-24/h6-7,10-11,18-19H,4-5,8-9,12-16H2,1-3H3. The quantitative estimate of drug-likeness (QED) is 0.487. The fourth-order valence-corrected chi connectivity index (χ4v) is 5.69. The Morgan fingerprint density at radius 3 is 2.16 bits per heavy atom. The van der Waals surface area contributed by atoms with E-state index in [-0.39, 0.29) is 34.6 Å². The van der Waals surface area contributed by atoms with Gasteiger partial charge in [0.05, 0.1) is 24.0 Å². The third-order valence-corrected chi connectivity index (χ3v) is 8.33. The van der Waals surface area contributed by atoms with Crippen LogP contribution in [0.4, 0.5) is 0 Å². The zero-order valence-electron chi connectivity index (χ0n) is 18.6. The summed E-state index contributed by atoms with van der Waals surface area (Å²) in [5, 5.41) is 0. The SMILES string of the molecule is CC(C)(C)C1CCC(C(=O)OCC(=O)c2ccc(S(=O)(=O)N3CCOCC3)cc2)CC1. The molecule has 3 rings (SSSR count). The normalized spacial score (nSPS) is 23.3. The number of rotatable bonds is 6. The van der Waals surface area contributed by atoms with Gasteiger partial charge in [-0.25, -0.2) is 8.42 Å². The Morgan fingerprint density at radius 1 is 1.03 bits per heavy atom. The summed E-state index contributed by atoms with van der Waals surface area (Å²) in [5.74, 6) is -0.197. The minimum atomic E-state index is -3.60. The number of Topliss-reactive ketones (excluding diaryl/α,β-unsaturated/α-hetero) is 1. The van der Waals surface area contributed by atoms with Crippen LogP contribution in [0.1, 0.15) is 56.8 Å². The summed E-state index contributed by atoms with van der Waals surface area (Å²) < 4.78 is 37.2. The van der Waals surface area contributed by atoms with E-state index in [9.17, 15) is 18.0 Å². The second-order valence-corrected chi connectivity index (χ2v) is 11.4. The lowest BCUT2D eigenvalue weighted by Crippen LogP contribution is -2.40. The molecule has 1 aromatic carbocycles. The highest BCUT2D eigenvalue weighted by Gasteiger charge is 2.33. The molecule has 31 heavy (non-hydrogen) atoms. The van der Waals surface area contributed by atoms with Crippen LogP contribution in [-0.2, 0) is 24.3 Å². The molecule has 0 unspecified atom stereocenters. The molecule has 0 spiro atoms. The highest BCUT2D eigenvalue weighted by Crippen LogP contribution is 2.40. The lowest BCUT2D eigenvalue weighted by molar-refractivity contribution is -0.149. The molecule has 7 nitrogen and oxygen atoms in total. The maximum atomic E-state index is 12.7. The Balaban J connectivity index is 1.51. The first-order chi connectivity index (χ1) is 14.6. The van der Waals surface area contributed by atoms with Crippen molar-refractivity contribution >= 4 is 21.8 Å². The zero-order chi connectivity index (χ0) is 22.6. The number of sulfonamides is 1. The monoisotopic (exact) mass is 451 g/mol. The molecule has 1 saturated heterocycles. The van der Waals surface area contributed by atoms with Gasteiger partial charge >= 0.3 is 5.97 Å². The van der Waals surface area contributed by atoms with Gasteiger partial charge in [-0.1, -0.05) is 20.8 Å². The average Bonchev–Trinajstić information content (AvgIpc) is 2.77. The largest absolute Gasteiger partial charge is 0.457 e. The van der Waals surface area contributed by atoms with Crippen LogP contribution in [0.2, 0.25) is 0 Å². The maximum Gasteiger partial charge on any atom is 0.309 e. The molecule has 1 aliphatic heterocycles. The van der Waals surface area contributed by atoms with Gasteiger partial charge in [0.25, 0.3) is 0 Å². The molecule has 2 fully saturated rings. The van der Waals surface area contributed by atoms with E-state index >= 15 is 0 Å². The van der Waals surface area contributed by atoms with Crippen molar-refractivity contribution in [2.24, 2.45) is 17.3 Å². The smallest absolute Gasteiger partial charge is 0.309 e. The van der Waals surface area contributed by atoms with Crippen LogP contribution >= 0.6 is 0 Å². The van der Waals surface area contributed by atoms with E-state index in [0.29, 0.717) is 37.8 Å². The van der Waals surface area contributed by atoms with Crippen molar-refractivity contribution in [2.45, 2.75) is 51.3 Å². The van der Waals surface area contributed by atoms with Crippen LogP contribution in [0.5, 0.6) is 0 Å². The molecule has 172 valence electrons. The number of benzene rings is 1. The second-order valence-electron chi connectivity index (χ2n) is 9.49. The van der Waals surface area contributed by atoms with Gasteiger partial charge in [0.1, 0.15) is 0 Å². The minimum absolute atomic E-state index is 0.138. The van der Waals surface area contributed by atoms with E-state index in [1.54, 1.807) is 0 Å². The Kier molecular flexibility index (Phi) is 7.55. The molecule has 0 N–H and O–H groups in total. The molecule has 1 aromatic rings. The number of morpholine rings is 1. The molecule has 1 saturated carbocycles. The summed E-state index contributed by atoms with van der Waals surface area (Å²) in [7, 11) is -3.60. The topological polar surface area (TPSA) is 90.0 Å². The first-order valence-electron chi connectivity index (χ1n) is 11.0. The number of ketones is 1. The summed E-state index contributed by atoms with van der Waals surface area (Å²) in [6.45, 7) is 7.74. The predicted octanol–water partition coefficient (Wildman–Crippen LogP) is 3.29. The van der Waals surface area contributed by atoms with Crippen LogP contribution in [0, 0.1) is 17.3 Å².